The number of ether oxygens (including phenoxy) is 1. The molecule has 4 rings (SSSR count). The Kier molecular flexibility index (Phi) is 6.59. The molecule has 0 radical (unpaired) electrons. The fourth-order valence-corrected chi connectivity index (χ4v) is 4.30. The Morgan fingerprint density at radius 3 is 2.61 bits per heavy atom. The molecule has 1 N–H and O–H groups in total. The standard InChI is InChI=1S/C25H21BrN2O2S/c1-16-6-9-21(10-7-16)27-25-28-24(29)23(31-25)14-19-13-20(26)8-11-22(19)30-15-18-5-3-4-17(2)12-18/h3-14H,15H2,1-2H3,(H,27,28,29)/b23-14+. The van der Waals surface area contributed by atoms with E-state index in [1.54, 1.807) is 0 Å². The van der Waals surface area contributed by atoms with Crippen molar-refractivity contribution >= 4 is 50.5 Å². The molecule has 1 amide bonds. The number of hydrogen-bond acceptors (Lipinski definition) is 4. The lowest BCUT2D eigenvalue weighted by Gasteiger charge is -2.11. The molecule has 1 saturated heterocycles. The summed E-state index contributed by atoms with van der Waals surface area (Å²) in [6.07, 6.45) is 1.84. The SMILES string of the molecule is Cc1ccc(N=C2NC(=O)/C(=C\c3cc(Br)ccc3OCc3cccc(C)c3)S2)cc1. The number of amides is 1. The number of hydrogen-bond donors (Lipinski definition) is 1. The average Bonchev–Trinajstić information content (AvgIpc) is 3.08. The summed E-state index contributed by atoms with van der Waals surface area (Å²) in [7, 11) is 0. The van der Waals surface area contributed by atoms with Crippen LogP contribution in [0.5, 0.6) is 5.75 Å². The maximum atomic E-state index is 12.5. The van der Waals surface area contributed by atoms with Crippen LogP contribution in [0.4, 0.5) is 5.69 Å². The smallest absolute Gasteiger partial charge is 0.264 e. The molecule has 1 aliphatic heterocycles. The summed E-state index contributed by atoms with van der Waals surface area (Å²) in [6.45, 7) is 4.55. The third-order valence-electron chi connectivity index (χ3n) is 4.65. The largest absolute Gasteiger partial charge is 0.488 e. The zero-order valence-electron chi connectivity index (χ0n) is 17.2. The minimum atomic E-state index is -0.166. The fraction of sp³-hybridized carbons (Fsp3) is 0.120. The highest BCUT2D eigenvalue weighted by Gasteiger charge is 2.24. The van der Waals surface area contributed by atoms with E-state index in [0.29, 0.717) is 16.7 Å². The molecular formula is C25H21BrN2O2S. The van der Waals surface area contributed by atoms with Crippen molar-refractivity contribution in [1.29, 1.82) is 0 Å². The summed E-state index contributed by atoms with van der Waals surface area (Å²) < 4.78 is 6.99. The van der Waals surface area contributed by atoms with Crippen LogP contribution in [0.3, 0.4) is 0 Å². The maximum absolute atomic E-state index is 12.5. The second kappa shape index (κ2) is 9.54. The van der Waals surface area contributed by atoms with Crippen LogP contribution in [-0.2, 0) is 11.4 Å². The van der Waals surface area contributed by atoms with E-state index in [2.05, 4.69) is 45.3 Å². The van der Waals surface area contributed by atoms with Crippen molar-refractivity contribution in [2.24, 2.45) is 4.99 Å². The van der Waals surface area contributed by atoms with E-state index < -0.39 is 0 Å². The molecule has 31 heavy (non-hydrogen) atoms. The first-order valence-corrected chi connectivity index (χ1v) is 11.4. The van der Waals surface area contributed by atoms with Crippen molar-refractivity contribution in [3.05, 3.63) is 98.4 Å². The number of amidine groups is 1. The van der Waals surface area contributed by atoms with Gasteiger partial charge in [-0.25, -0.2) is 4.99 Å². The van der Waals surface area contributed by atoms with Crippen molar-refractivity contribution in [2.45, 2.75) is 20.5 Å². The molecule has 0 saturated carbocycles. The third-order valence-corrected chi connectivity index (χ3v) is 6.05. The molecule has 1 heterocycles. The highest BCUT2D eigenvalue weighted by Crippen LogP contribution is 2.32. The molecule has 0 aromatic heterocycles. The van der Waals surface area contributed by atoms with Gasteiger partial charge in [-0.1, -0.05) is 63.5 Å². The predicted molar refractivity (Wildman–Crippen MR) is 132 cm³/mol. The highest BCUT2D eigenvalue weighted by molar-refractivity contribution is 9.10. The van der Waals surface area contributed by atoms with Crippen LogP contribution in [0, 0.1) is 13.8 Å². The molecule has 0 aliphatic carbocycles. The van der Waals surface area contributed by atoms with Gasteiger partial charge in [0.1, 0.15) is 12.4 Å². The van der Waals surface area contributed by atoms with Crippen LogP contribution < -0.4 is 10.1 Å². The summed E-state index contributed by atoms with van der Waals surface area (Å²) in [6, 6.07) is 21.9. The van der Waals surface area contributed by atoms with Gasteiger partial charge in [0.2, 0.25) is 0 Å². The molecule has 0 spiro atoms. The van der Waals surface area contributed by atoms with Crippen molar-refractivity contribution in [2.75, 3.05) is 0 Å². The van der Waals surface area contributed by atoms with E-state index in [1.807, 2.05) is 67.6 Å². The summed E-state index contributed by atoms with van der Waals surface area (Å²) >= 11 is 4.84. The lowest BCUT2D eigenvalue weighted by atomic mass is 10.1. The lowest BCUT2D eigenvalue weighted by molar-refractivity contribution is -0.115. The van der Waals surface area contributed by atoms with Crippen molar-refractivity contribution in [3.8, 4) is 5.75 Å². The Labute approximate surface area is 194 Å². The number of halogens is 1. The Morgan fingerprint density at radius 2 is 1.84 bits per heavy atom. The second-order valence-electron chi connectivity index (χ2n) is 7.28. The Balaban J connectivity index is 1.55. The van der Waals surface area contributed by atoms with Gasteiger partial charge in [0.05, 0.1) is 10.6 Å². The number of aryl methyl sites for hydroxylation is 2. The summed E-state index contributed by atoms with van der Waals surface area (Å²) in [5, 5.41) is 3.41. The second-order valence-corrected chi connectivity index (χ2v) is 9.22. The first kappa shape index (κ1) is 21.4. The molecule has 0 bridgehead atoms. The predicted octanol–water partition coefficient (Wildman–Crippen LogP) is 6.54. The number of carbonyl (C=O) groups is 1. The van der Waals surface area contributed by atoms with E-state index >= 15 is 0 Å². The summed E-state index contributed by atoms with van der Waals surface area (Å²) in [5.74, 6) is 0.551. The molecule has 156 valence electrons. The number of nitrogens with one attached hydrogen (secondary N) is 1. The van der Waals surface area contributed by atoms with Gasteiger partial charge < -0.3 is 10.1 Å². The van der Waals surface area contributed by atoms with Crippen molar-refractivity contribution in [1.82, 2.24) is 5.32 Å². The molecule has 4 nitrogen and oxygen atoms in total. The molecule has 3 aromatic carbocycles. The van der Waals surface area contributed by atoms with Crippen molar-refractivity contribution < 1.29 is 9.53 Å². The Bertz CT molecular complexity index is 1190. The van der Waals surface area contributed by atoms with E-state index in [9.17, 15) is 4.79 Å². The number of benzene rings is 3. The van der Waals surface area contributed by atoms with Crippen LogP contribution in [0.15, 0.2) is 81.1 Å². The molecule has 1 fully saturated rings. The average molecular weight is 493 g/mol. The zero-order valence-corrected chi connectivity index (χ0v) is 19.6. The Morgan fingerprint density at radius 1 is 1.03 bits per heavy atom. The molecule has 0 atom stereocenters. The summed E-state index contributed by atoms with van der Waals surface area (Å²) in [5.41, 5.74) is 5.09. The molecule has 0 unspecified atom stereocenters. The molecule has 1 aliphatic rings. The van der Waals surface area contributed by atoms with Crippen LogP contribution in [0.2, 0.25) is 0 Å². The van der Waals surface area contributed by atoms with Crippen LogP contribution >= 0.6 is 27.7 Å². The van der Waals surface area contributed by atoms with Gasteiger partial charge in [-0.2, -0.15) is 0 Å². The van der Waals surface area contributed by atoms with Gasteiger partial charge in [-0.05, 0) is 67.6 Å². The molecule has 6 heteroatoms. The van der Waals surface area contributed by atoms with Gasteiger partial charge in [0, 0.05) is 10.0 Å². The summed E-state index contributed by atoms with van der Waals surface area (Å²) in [4.78, 5) is 17.6. The van der Waals surface area contributed by atoms with Crippen LogP contribution in [0.25, 0.3) is 6.08 Å². The van der Waals surface area contributed by atoms with Gasteiger partial charge in [0.25, 0.3) is 5.91 Å². The monoisotopic (exact) mass is 492 g/mol. The van der Waals surface area contributed by atoms with E-state index in [-0.39, 0.29) is 5.91 Å². The lowest BCUT2D eigenvalue weighted by Crippen LogP contribution is -2.19. The van der Waals surface area contributed by atoms with Crippen molar-refractivity contribution in [3.63, 3.8) is 0 Å². The highest BCUT2D eigenvalue weighted by atomic mass is 79.9. The normalized spacial score (nSPS) is 16.0. The number of rotatable bonds is 5. The maximum Gasteiger partial charge on any atom is 0.264 e. The van der Waals surface area contributed by atoms with E-state index in [0.717, 1.165) is 27.0 Å². The minimum absolute atomic E-state index is 0.166. The number of nitrogens with zero attached hydrogens (tertiary/aromatic N) is 1. The topological polar surface area (TPSA) is 50.7 Å². The third kappa shape index (κ3) is 5.66. The van der Waals surface area contributed by atoms with Gasteiger partial charge in [-0.15, -0.1) is 0 Å². The number of thioether (sulfide) groups is 1. The van der Waals surface area contributed by atoms with E-state index in [4.69, 9.17) is 4.74 Å². The quantitative estimate of drug-likeness (QED) is 0.411. The zero-order chi connectivity index (χ0) is 21.8. The van der Waals surface area contributed by atoms with E-state index in [1.165, 1.54) is 22.9 Å². The Hall–Kier alpha value is -2.83. The molecule has 3 aromatic rings. The fourth-order valence-electron chi connectivity index (χ4n) is 3.08. The first-order chi connectivity index (χ1) is 15.0. The van der Waals surface area contributed by atoms with Gasteiger partial charge in [0.15, 0.2) is 5.17 Å². The van der Waals surface area contributed by atoms with Crippen LogP contribution in [-0.4, -0.2) is 11.1 Å². The van der Waals surface area contributed by atoms with Crippen LogP contribution in [0.1, 0.15) is 22.3 Å². The number of carbonyl (C=O) groups excluding carboxylic acids is 1. The first-order valence-electron chi connectivity index (χ1n) is 9.80. The van der Waals surface area contributed by atoms with Gasteiger partial charge in [-0.3, -0.25) is 4.79 Å². The molecular weight excluding hydrogens is 472 g/mol. The number of aliphatic imine (C=N–C) groups is 1. The minimum Gasteiger partial charge on any atom is -0.488 e. The van der Waals surface area contributed by atoms with Gasteiger partial charge >= 0.3 is 0 Å².